The number of aryl methyl sites for hydroxylation is 1. The Kier molecular flexibility index (Phi) is 5.41. The molecule has 0 atom stereocenters. The highest BCUT2D eigenvalue weighted by molar-refractivity contribution is 5.97. The minimum absolute atomic E-state index is 0.0613. The summed E-state index contributed by atoms with van der Waals surface area (Å²) in [5, 5.41) is 4.28. The Balaban J connectivity index is 2.29. The van der Waals surface area contributed by atoms with Crippen LogP contribution in [0.15, 0.2) is 30.7 Å². The number of nitrogens with zero attached hydrogens (tertiary/aromatic N) is 4. The lowest BCUT2D eigenvalue weighted by Gasteiger charge is -2.25. The summed E-state index contributed by atoms with van der Waals surface area (Å²) in [5.41, 5.74) is 0.659. The Hall–Kier alpha value is -2.04. The minimum Gasteiger partial charge on any atom is -0.338 e. The zero-order chi connectivity index (χ0) is 16.1. The van der Waals surface area contributed by atoms with Gasteiger partial charge in [0.25, 0.3) is 5.91 Å². The quantitative estimate of drug-likeness (QED) is 0.788. The molecule has 0 aliphatic carbocycles. The summed E-state index contributed by atoms with van der Waals surface area (Å²) in [6, 6.07) is 3.89. The van der Waals surface area contributed by atoms with Crippen LogP contribution in [-0.4, -0.2) is 38.2 Å². The molecule has 0 radical (unpaired) electrons. The molecule has 120 valence electrons. The second-order valence-electron chi connectivity index (χ2n) is 5.62. The van der Waals surface area contributed by atoms with Gasteiger partial charge in [0.05, 0.1) is 6.20 Å². The van der Waals surface area contributed by atoms with Gasteiger partial charge in [-0.3, -0.25) is 9.48 Å². The highest BCUT2D eigenvalue weighted by Gasteiger charge is 2.23. The zero-order valence-corrected chi connectivity index (χ0v) is 14.0. The van der Waals surface area contributed by atoms with Crippen LogP contribution < -0.4 is 0 Å². The fourth-order valence-corrected chi connectivity index (χ4v) is 2.75. The summed E-state index contributed by atoms with van der Waals surface area (Å²) >= 11 is 0. The van der Waals surface area contributed by atoms with E-state index in [1.54, 1.807) is 10.9 Å². The molecular formula is C17H26N4O. The van der Waals surface area contributed by atoms with E-state index in [0.717, 1.165) is 31.7 Å². The van der Waals surface area contributed by atoms with E-state index in [9.17, 15) is 4.79 Å². The third-order valence-corrected chi connectivity index (χ3v) is 4.29. The zero-order valence-electron chi connectivity index (χ0n) is 14.0. The minimum atomic E-state index is 0.0613. The maximum Gasteiger partial charge on any atom is 0.259 e. The molecule has 0 bridgehead atoms. The van der Waals surface area contributed by atoms with Crippen LogP contribution in [0.1, 0.15) is 44.0 Å². The second kappa shape index (κ2) is 7.29. The topological polar surface area (TPSA) is 43.1 Å². The van der Waals surface area contributed by atoms with Crippen molar-refractivity contribution in [1.29, 1.82) is 0 Å². The molecule has 2 rings (SSSR count). The van der Waals surface area contributed by atoms with Gasteiger partial charge in [-0.2, -0.15) is 5.10 Å². The van der Waals surface area contributed by atoms with Crippen molar-refractivity contribution >= 4 is 5.91 Å². The van der Waals surface area contributed by atoms with Crippen LogP contribution in [0, 0.1) is 5.92 Å². The number of hydrogen-bond donors (Lipinski definition) is 0. The van der Waals surface area contributed by atoms with E-state index in [2.05, 4.69) is 18.9 Å². The second-order valence-corrected chi connectivity index (χ2v) is 5.62. The normalized spacial score (nSPS) is 11.1. The first-order valence-corrected chi connectivity index (χ1v) is 8.06. The molecule has 5 nitrogen and oxygen atoms in total. The number of amides is 1. The van der Waals surface area contributed by atoms with Crippen LogP contribution in [0.3, 0.4) is 0 Å². The Morgan fingerprint density at radius 2 is 1.86 bits per heavy atom. The first-order valence-electron chi connectivity index (χ1n) is 8.06. The molecule has 5 heteroatoms. The van der Waals surface area contributed by atoms with E-state index in [1.807, 2.05) is 48.0 Å². The third-order valence-electron chi connectivity index (χ3n) is 4.29. The molecule has 2 aromatic heterocycles. The molecule has 0 aliphatic rings. The molecule has 1 amide bonds. The predicted octanol–water partition coefficient (Wildman–Crippen LogP) is 3.11. The highest BCUT2D eigenvalue weighted by atomic mass is 16.2. The molecule has 2 aromatic rings. The van der Waals surface area contributed by atoms with Crippen molar-refractivity contribution in [2.45, 2.75) is 33.6 Å². The predicted molar refractivity (Wildman–Crippen MR) is 88.2 cm³/mol. The Morgan fingerprint density at radius 1 is 1.23 bits per heavy atom. The lowest BCUT2D eigenvalue weighted by atomic mass is 10.0. The van der Waals surface area contributed by atoms with Gasteiger partial charge >= 0.3 is 0 Å². The molecule has 0 saturated heterocycles. The Bertz CT molecular complexity index is 596. The molecule has 0 fully saturated rings. The van der Waals surface area contributed by atoms with Gasteiger partial charge in [-0.1, -0.05) is 26.7 Å². The summed E-state index contributed by atoms with van der Waals surface area (Å²) in [6.45, 7) is 7.92. The average Bonchev–Trinajstić information content (AvgIpc) is 3.17. The van der Waals surface area contributed by atoms with Crippen molar-refractivity contribution in [2.75, 3.05) is 13.1 Å². The van der Waals surface area contributed by atoms with Gasteiger partial charge in [-0.15, -0.1) is 0 Å². The molecule has 0 aromatic carbocycles. The molecular weight excluding hydrogens is 276 g/mol. The monoisotopic (exact) mass is 302 g/mol. The Morgan fingerprint density at radius 3 is 2.41 bits per heavy atom. The largest absolute Gasteiger partial charge is 0.338 e. The fourth-order valence-electron chi connectivity index (χ4n) is 2.75. The van der Waals surface area contributed by atoms with E-state index in [1.165, 1.54) is 0 Å². The molecule has 0 saturated carbocycles. The lowest BCUT2D eigenvalue weighted by molar-refractivity contribution is 0.0735. The van der Waals surface area contributed by atoms with Gasteiger partial charge in [0.15, 0.2) is 0 Å². The molecule has 0 aliphatic heterocycles. The Labute approximate surface area is 132 Å². The van der Waals surface area contributed by atoms with Crippen molar-refractivity contribution in [2.24, 2.45) is 13.0 Å². The molecule has 2 heterocycles. The molecule has 0 unspecified atom stereocenters. The summed E-state index contributed by atoms with van der Waals surface area (Å²) in [6.07, 6.45) is 7.73. The number of rotatable bonds is 7. The van der Waals surface area contributed by atoms with E-state index in [-0.39, 0.29) is 5.91 Å². The van der Waals surface area contributed by atoms with Crippen LogP contribution in [0.25, 0.3) is 5.82 Å². The summed E-state index contributed by atoms with van der Waals surface area (Å²) in [4.78, 5) is 14.9. The lowest BCUT2D eigenvalue weighted by Crippen LogP contribution is -2.35. The van der Waals surface area contributed by atoms with Crippen LogP contribution >= 0.6 is 0 Å². The van der Waals surface area contributed by atoms with Gasteiger partial charge in [0.2, 0.25) is 0 Å². The molecule has 22 heavy (non-hydrogen) atoms. The number of carbonyl (C=O) groups is 1. The maximum atomic E-state index is 12.9. The smallest absolute Gasteiger partial charge is 0.259 e. The van der Waals surface area contributed by atoms with Gasteiger partial charge in [0, 0.05) is 32.5 Å². The average molecular weight is 302 g/mol. The van der Waals surface area contributed by atoms with Crippen molar-refractivity contribution in [1.82, 2.24) is 19.2 Å². The van der Waals surface area contributed by atoms with Crippen LogP contribution in [0.5, 0.6) is 0 Å². The number of carbonyl (C=O) groups excluding carboxylic acids is 1. The third kappa shape index (κ3) is 3.24. The van der Waals surface area contributed by atoms with E-state index in [0.29, 0.717) is 11.5 Å². The van der Waals surface area contributed by atoms with Crippen molar-refractivity contribution in [3.05, 3.63) is 36.3 Å². The number of aromatic nitrogens is 3. The first kappa shape index (κ1) is 16.3. The first-order chi connectivity index (χ1) is 10.6. The SMILES string of the molecule is CCC(CC)CN(CC)C(=O)c1cnn(C)c1-n1cccc1. The van der Waals surface area contributed by atoms with Crippen molar-refractivity contribution in [3.8, 4) is 5.82 Å². The maximum absolute atomic E-state index is 12.9. The van der Waals surface area contributed by atoms with Crippen LogP contribution in [0.2, 0.25) is 0 Å². The summed E-state index contributed by atoms with van der Waals surface area (Å²) in [7, 11) is 1.86. The van der Waals surface area contributed by atoms with Crippen molar-refractivity contribution < 1.29 is 4.79 Å². The van der Waals surface area contributed by atoms with Gasteiger partial charge < -0.3 is 9.47 Å². The van der Waals surface area contributed by atoms with Crippen molar-refractivity contribution in [3.63, 3.8) is 0 Å². The van der Waals surface area contributed by atoms with E-state index < -0.39 is 0 Å². The van der Waals surface area contributed by atoms with Crippen LogP contribution in [-0.2, 0) is 7.05 Å². The standard InChI is InChI=1S/C17H26N4O/c1-5-14(6-2)13-20(7-3)17(22)15-12-18-19(4)16(15)21-10-8-9-11-21/h8-12,14H,5-7,13H2,1-4H3. The number of hydrogen-bond acceptors (Lipinski definition) is 2. The van der Waals surface area contributed by atoms with Gasteiger partial charge in [-0.25, -0.2) is 0 Å². The van der Waals surface area contributed by atoms with Gasteiger partial charge in [0.1, 0.15) is 11.4 Å². The molecule has 0 N–H and O–H groups in total. The fraction of sp³-hybridized carbons (Fsp3) is 0.529. The summed E-state index contributed by atoms with van der Waals surface area (Å²) in [5.74, 6) is 1.43. The molecule has 0 spiro atoms. The van der Waals surface area contributed by atoms with E-state index in [4.69, 9.17) is 0 Å². The summed E-state index contributed by atoms with van der Waals surface area (Å²) < 4.78 is 3.68. The highest BCUT2D eigenvalue weighted by Crippen LogP contribution is 2.18. The van der Waals surface area contributed by atoms with E-state index >= 15 is 0 Å². The van der Waals surface area contributed by atoms with Crippen LogP contribution in [0.4, 0.5) is 0 Å². The van der Waals surface area contributed by atoms with Gasteiger partial charge in [-0.05, 0) is 25.0 Å².